The summed E-state index contributed by atoms with van der Waals surface area (Å²) in [7, 11) is 0. The number of halogens is 4. The second-order valence-electron chi connectivity index (χ2n) is 25.9. The minimum Gasteiger partial charge on any atom is -0.288 e. The molecule has 1 saturated carbocycles. The smallest absolute Gasteiger partial charge is 0.288 e. The lowest BCUT2D eigenvalue weighted by Crippen LogP contribution is -2.10. The fourth-order valence-electron chi connectivity index (χ4n) is 11.6. The molecule has 0 spiro atoms. The van der Waals surface area contributed by atoms with Gasteiger partial charge in [-0.2, -0.15) is 13.2 Å². The van der Waals surface area contributed by atoms with E-state index in [1.54, 1.807) is 42.2 Å². The Balaban J connectivity index is 0.000000155. The van der Waals surface area contributed by atoms with E-state index in [1.807, 2.05) is 123 Å². The van der Waals surface area contributed by atoms with Crippen LogP contribution in [0.2, 0.25) is 5.02 Å². The first-order chi connectivity index (χ1) is 47.7. The number of nitrogens with zero attached hydrogens (tertiary/aromatic N) is 8. The van der Waals surface area contributed by atoms with Crippen molar-refractivity contribution in [3.63, 3.8) is 0 Å². The summed E-state index contributed by atoms with van der Waals surface area (Å²) in [6, 6.07) is 70.4. The fraction of sp³-hybridized carbons (Fsp3) is 0.256. The normalized spacial score (nSPS) is 12.8. The van der Waals surface area contributed by atoms with Crippen molar-refractivity contribution in [2.45, 2.75) is 154 Å². The zero-order valence-electron chi connectivity index (χ0n) is 58.5. The summed E-state index contributed by atoms with van der Waals surface area (Å²) in [5.74, 6) is 1.75. The molecule has 0 unspecified atom stereocenters. The van der Waals surface area contributed by atoms with Crippen LogP contribution in [0, 0.1) is 20.8 Å². The summed E-state index contributed by atoms with van der Waals surface area (Å²) >= 11 is 8.09. The first-order valence-corrected chi connectivity index (χ1v) is 35.3. The van der Waals surface area contributed by atoms with Gasteiger partial charge in [-0.05, 0) is 163 Å². The van der Waals surface area contributed by atoms with Crippen LogP contribution in [-0.4, -0.2) is 50.8 Å². The lowest BCUT2D eigenvalue weighted by molar-refractivity contribution is -0.137. The highest BCUT2D eigenvalue weighted by Crippen LogP contribution is 2.40. The number of benzene rings is 7. The van der Waals surface area contributed by atoms with Gasteiger partial charge in [-0.1, -0.05) is 244 Å². The van der Waals surface area contributed by atoms with Crippen molar-refractivity contribution >= 4 is 76.2 Å². The number of aryl methyl sites for hydroxylation is 3. The second kappa shape index (κ2) is 35.8. The van der Waals surface area contributed by atoms with Crippen molar-refractivity contribution in [2.75, 3.05) is 0 Å². The monoisotopic (exact) mass is 1360 g/mol. The van der Waals surface area contributed by atoms with Gasteiger partial charge in [0.05, 0.1) is 87.0 Å². The van der Waals surface area contributed by atoms with Crippen LogP contribution in [0.5, 0.6) is 0 Å². The van der Waals surface area contributed by atoms with E-state index in [0.29, 0.717) is 46.1 Å². The van der Waals surface area contributed by atoms with Crippen LogP contribution in [0.1, 0.15) is 179 Å². The molecule has 0 N–H and O–H groups in total. The van der Waals surface area contributed by atoms with Gasteiger partial charge in [0.1, 0.15) is 0 Å². The molecule has 0 radical (unpaired) electrons. The molecule has 99 heavy (non-hydrogen) atoms. The van der Waals surface area contributed by atoms with Crippen molar-refractivity contribution in [1.29, 1.82) is 0 Å². The van der Waals surface area contributed by atoms with Gasteiger partial charge in [-0.3, -0.25) is 25.0 Å². The van der Waals surface area contributed by atoms with Crippen LogP contribution in [0.25, 0.3) is 33.4 Å². The number of aromatic nitrogens is 4. The Kier molecular flexibility index (Phi) is 26.7. The molecule has 0 saturated heterocycles. The summed E-state index contributed by atoms with van der Waals surface area (Å²) in [4.78, 5) is 39.6. The molecule has 8 nitrogen and oxygen atoms in total. The fourth-order valence-corrected chi connectivity index (χ4v) is 12.9. The summed E-state index contributed by atoms with van der Waals surface area (Å²) in [5.41, 5.74) is 17.5. The minimum atomic E-state index is -4.40. The maximum atomic E-state index is 13.2. The largest absolute Gasteiger partial charge is 0.417 e. The van der Waals surface area contributed by atoms with Gasteiger partial charge >= 0.3 is 6.18 Å². The second-order valence-corrected chi connectivity index (χ2v) is 27.3. The molecule has 1 aliphatic carbocycles. The van der Waals surface area contributed by atoms with Crippen molar-refractivity contribution in [3.8, 4) is 22.5 Å². The quantitative estimate of drug-likeness (QED) is 0.0897. The lowest BCUT2D eigenvalue weighted by Gasteiger charge is -2.17. The summed E-state index contributed by atoms with van der Waals surface area (Å²) in [5, 5.41) is 1.84. The van der Waals surface area contributed by atoms with Crippen LogP contribution in [0.3, 0.4) is 0 Å². The van der Waals surface area contributed by atoms with Crippen LogP contribution in [0.15, 0.2) is 248 Å². The number of alkyl halides is 3. The Hall–Kier alpha value is -9.49. The van der Waals surface area contributed by atoms with Crippen LogP contribution in [0.4, 0.5) is 30.2 Å². The zero-order chi connectivity index (χ0) is 70.4. The van der Waals surface area contributed by atoms with E-state index in [-0.39, 0.29) is 5.56 Å². The highest BCUT2D eigenvalue weighted by molar-refractivity contribution is 7.99. The van der Waals surface area contributed by atoms with E-state index in [4.69, 9.17) is 31.6 Å². The van der Waals surface area contributed by atoms with E-state index < -0.39 is 11.7 Å². The third-order valence-electron chi connectivity index (χ3n) is 16.9. The van der Waals surface area contributed by atoms with Gasteiger partial charge in [0.15, 0.2) is 0 Å². The summed E-state index contributed by atoms with van der Waals surface area (Å²) in [6.45, 7) is 24.0. The molecule has 1 aliphatic rings. The lowest BCUT2D eigenvalue weighted by atomic mass is 9.93. The number of para-hydroxylation sites is 4. The Morgan fingerprint density at radius 1 is 0.434 bits per heavy atom. The number of hydrogen-bond acceptors (Lipinski definition) is 9. The maximum absolute atomic E-state index is 13.2. The average Bonchev–Trinajstić information content (AvgIpc) is 0.827. The van der Waals surface area contributed by atoms with Gasteiger partial charge in [0, 0.05) is 43.2 Å². The average molecular weight is 1360 g/mol. The molecule has 11 aromatic rings. The van der Waals surface area contributed by atoms with Gasteiger partial charge in [-0.25, -0.2) is 15.0 Å². The first kappa shape index (κ1) is 73.7. The van der Waals surface area contributed by atoms with E-state index >= 15 is 0 Å². The Labute approximate surface area is 593 Å². The van der Waals surface area contributed by atoms with Gasteiger partial charge < -0.3 is 0 Å². The summed E-state index contributed by atoms with van der Waals surface area (Å²) in [6.07, 6.45) is 8.65. The Morgan fingerprint density at radius 3 is 1.47 bits per heavy atom. The number of fused-ring (bicyclic) bond motifs is 1. The standard InChI is InChI=1S/C24H25ClN2.C24H20N2S.C19H19F3N2.C19H24N2/c1-16(2)19-11-8-12-20(17(3)4)24(19)26-15-18-9-7-14-23(27-18)21-10-5-6-13-22(21)25;1-17-8-7-9-18(2)24(17)27-23-13-6-5-12-22(23)25-16-20-15-14-19-10-3-4-11-21(19)26-20;20-19(21,22)17-11-5-4-10-16(17)18-12-6-9-15(24-18)13-23-14-7-2-1-3-8-14;1-13(2)17-10-7-11-18(14(3)4)19(17)20-12-16-9-6-8-15(5)21-16/h5-17H,1-4H3;3-16H,1-2H3;4-6,9-14H,1-3,7-8H2;6-14H,1-5H3. The molecular formula is C86H88ClF3N8S. The molecule has 0 bridgehead atoms. The molecule has 0 amide bonds. The van der Waals surface area contributed by atoms with Crippen molar-refractivity contribution in [2.24, 2.45) is 20.0 Å². The molecule has 1 fully saturated rings. The highest BCUT2D eigenvalue weighted by atomic mass is 35.5. The third kappa shape index (κ3) is 21.0. The van der Waals surface area contributed by atoms with Crippen molar-refractivity contribution in [1.82, 2.24) is 19.9 Å². The molecule has 12 rings (SSSR count). The number of aliphatic imine (C=N–C) groups is 4. The molecular weight excluding hydrogens is 1270 g/mol. The SMILES string of the molecule is CC(C)c1cccc(C(C)C)c1N=Cc1cccc(-c2ccccc2Cl)n1.Cc1cccc(C)c1Sc1ccccc1N=Cc1ccc2ccccc2n1.Cc1cccc(C=Nc2c(C(C)C)cccc2C(C)C)n1.FC(F)(F)c1ccccc1-c1cccc(C=NC2CCCCC2)n1. The zero-order valence-corrected chi connectivity index (χ0v) is 60.1. The van der Waals surface area contributed by atoms with Crippen LogP contribution < -0.4 is 0 Å². The molecule has 13 heteroatoms. The third-order valence-corrected chi connectivity index (χ3v) is 18.6. The van der Waals surface area contributed by atoms with Gasteiger partial charge in [0.25, 0.3) is 0 Å². The number of hydrogen-bond donors (Lipinski definition) is 0. The molecule has 4 aromatic heterocycles. The van der Waals surface area contributed by atoms with Gasteiger partial charge in [0.2, 0.25) is 0 Å². The minimum absolute atomic E-state index is 0.0953. The van der Waals surface area contributed by atoms with E-state index in [1.165, 1.54) is 69.7 Å². The van der Waals surface area contributed by atoms with Crippen LogP contribution in [-0.2, 0) is 6.18 Å². The van der Waals surface area contributed by atoms with Gasteiger partial charge in [-0.15, -0.1) is 0 Å². The summed E-state index contributed by atoms with van der Waals surface area (Å²) < 4.78 is 39.5. The van der Waals surface area contributed by atoms with Crippen molar-refractivity contribution in [3.05, 3.63) is 291 Å². The van der Waals surface area contributed by atoms with Crippen LogP contribution >= 0.6 is 23.4 Å². The van der Waals surface area contributed by atoms with E-state index in [0.717, 1.165) is 85.8 Å². The highest BCUT2D eigenvalue weighted by Gasteiger charge is 2.33. The number of rotatable bonds is 16. The molecule has 506 valence electrons. The molecule has 0 atom stereocenters. The number of pyridine rings is 4. The Morgan fingerprint density at radius 2 is 0.899 bits per heavy atom. The maximum Gasteiger partial charge on any atom is 0.417 e. The Bertz CT molecular complexity index is 4530. The first-order valence-electron chi connectivity index (χ1n) is 34.1. The molecule has 4 heterocycles. The topological polar surface area (TPSA) is 101 Å². The molecule has 0 aliphatic heterocycles. The predicted octanol–water partition coefficient (Wildman–Crippen LogP) is 25.1. The molecule has 7 aromatic carbocycles. The van der Waals surface area contributed by atoms with E-state index in [2.05, 4.69) is 168 Å². The van der Waals surface area contributed by atoms with E-state index in [9.17, 15) is 13.2 Å². The predicted molar refractivity (Wildman–Crippen MR) is 412 cm³/mol. The van der Waals surface area contributed by atoms with Crippen molar-refractivity contribution < 1.29 is 13.2 Å².